The van der Waals surface area contributed by atoms with E-state index in [1.807, 2.05) is 61.5 Å². The molecular formula is C21H21N3O3S. The summed E-state index contributed by atoms with van der Waals surface area (Å²) in [6, 6.07) is 18.7. The Morgan fingerprint density at radius 2 is 1.79 bits per heavy atom. The number of carbonyl (C=O) groups is 1. The van der Waals surface area contributed by atoms with E-state index in [0.29, 0.717) is 17.4 Å². The molecule has 0 aliphatic carbocycles. The van der Waals surface area contributed by atoms with Gasteiger partial charge in [-0.15, -0.1) is 0 Å². The highest BCUT2D eigenvalue weighted by Crippen LogP contribution is 2.22. The van der Waals surface area contributed by atoms with Gasteiger partial charge in [-0.1, -0.05) is 61.2 Å². The zero-order valence-corrected chi connectivity index (χ0v) is 16.3. The molecule has 7 heteroatoms. The van der Waals surface area contributed by atoms with Crippen molar-refractivity contribution in [2.75, 3.05) is 11.1 Å². The first-order valence-electron chi connectivity index (χ1n) is 8.96. The first-order valence-corrected chi connectivity index (χ1v) is 9.94. The summed E-state index contributed by atoms with van der Waals surface area (Å²) in [5, 5.41) is 12.7. The van der Waals surface area contributed by atoms with Gasteiger partial charge in [0.15, 0.2) is 5.16 Å². The first kappa shape index (κ1) is 19.7. The number of anilines is 1. The summed E-state index contributed by atoms with van der Waals surface area (Å²) in [7, 11) is 0. The summed E-state index contributed by atoms with van der Waals surface area (Å²) in [6.45, 7) is 2.43. The molecule has 2 aromatic carbocycles. The lowest BCUT2D eigenvalue weighted by atomic mass is 10.1. The Kier molecular flexibility index (Phi) is 6.49. The smallest absolute Gasteiger partial charge is 0.257 e. The van der Waals surface area contributed by atoms with E-state index in [9.17, 15) is 14.7 Å². The number of amides is 1. The molecule has 0 spiro atoms. The third-order valence-electron chi connectivity index (χ3n) is 4.02. The number of hydrogen-bond acceptors (Lipinski definition) is 5. The SMILES string of the molecule is CCCn1c(SCC(=O)Nc2ccc(-c3ccccc3)cc2)nc(O)cc1=O. The van der Waals surface area contributed by atoms with Gasteiger partial charge < -0.3 is 10.4 Å². The summed E-state index contributed by atoms with van der Waals surface area (Å²) in [4.78, 5) is 28.2. The average Bonchev–Trinajstić information content (AvgIpc) is 2.70. The first-order chi connectivity index (χ1) is 13.6. The maximum absolute atomic E-state index is 12.3. The molecule has 0 fully saturated rings. The Balaban J connectivity index is 1.63. The maximum atomic E-state index is 12.3. The molecule has 1 aromatic heterocycles. The van der Waals surface area contributed by atoms with Crippen LogP contribution in [-0.2, 0) is 11.3 Å². The molecule has 6 nitrogen and oxygen atoms in total. The molecule has 0 aliphatic rings. The number of carbonyl (C=O) groups excluding carboxylic acids is 1. The molecule has 0 unspecified atom stereocenters. The molecule has 0 saturated heterocycles. The summed E-state index contributed by atoms with van der Waals surface area (Å²) in [5.41, 5.74) is 2.55. The van der Waals surface area contributed by atoms with Gasteiger partial charge >= 0.3 is 0 Å². The molecule has 1 heterocycles. The van der Waals surface area contributed by atoms with Crippen LogP contribution in [0.1, 0.15) is 13.3 Å². The van der Waals surface area contributed by atoms with Crippen molar-refractivity contribution >= 4 is 23.4 Å². The fraction of sp³-hybridized carbons (Fsp3) is 0.190. The van der Waals surface area contributed by atoms with Crippen LogP contribution in [0.3, 0.4) is 0 Å². The van der Waals surface area contributed by atoms with Gasteiger partial charge in [0.05, 0.1) is 11.8 Å². The van der Waals surface area contributed by atoms with Crippen LogP contribution in [0, 0.1) is 0 Å². The predicted octanol–water partition coefficient (Wildman–Crippen LogP) is 3.76. The molecule has 144 valence electrons. The predicted molar refractivity (Wildman–Crippen MR) is 112 cm³/mol. The second kappa shape index (κ2) is 9.23. The fourth-order valence-electron chi connectivity index (χ4n) is 2.72. The fourth-order valence-corrected chi connectivity index (χ4v) is 3.54. The van der Waals surface area contributed by atoms with Gasteiger partial charge in [0, 0.05) is 12.2 Å². The largest absolute Gasteiger partial charge is 0.493 e. The number of nitrogens with zero attached hydrogens (tertiary/aromatic N) is 2. The van der Waals surface area contributed by atoms with Crippen LogP contribution in [0.25, 0.3) is 11.1 Å². The van der Waals surface area contributed by atoms with E-state index in [2.05, 4.69) is 10.3 Å². The van der Waals surface area contributed by atoms with Crippen molar-refractivity contribution in [3.63, 3.8) is 0 Å². The summed E-state index contributed by atoms with van der Waals surface area (Å²) >= 11 is 1.12. The highest BCUT2D eigenvalue weighted by molar-refractivity contribution is 7.99. The van der Waals surface area contributed by atoms with E-state index in [-0.39, 0.29) is 23.1 Å². The number of benzene rings is 2. The zero-order valence-electron chi connectivity index (χ0n) is 15.5. The Hall–Kier alpha value is -3.06. The zero-order chi connectivity index (χ0) is 19.9. The highest BCUT2D eigenvalue weighted by Gasteiger charge is 2.11. The van der Waals surface area contributed by atoms with Crippen LogP contribution >= 0.6 is 11.8 Å². The Morgan fingerprint density at radius 1 is 1.11 bits per heavy atom. The van der Waals surface area contributed by atoms with Gasteiger partial charge in [-0.2, -0.15) is 4.98 Å². The van der Waals surface area contributed by atoms with Gasteiger partial charge in [0.1, 0.15) is 0 Å². The average molecular weight is 395 g/mol. The second-order valence-corrected chi connectivity index (χ2v) is 7.11. The highest BCUT2D eigenvalue weighted by atomic mass is 32.2. The van der Waals surface area contributed by atoms with Crippen LogP contribution in [0.5, 0.6) is 5.88 Å². The van der Waals surface area contributed by atoms with Gasteiger partial charge in [0.2, 0.25) is 11.8 Å². The van der Waals surface area contributed by atoms with Gasteiger partial charge in [0.25, 0.3) is 5.56 Å². The molecular weight excluding hydrogens is 374 g/mol. The molecule has 0 bridgehead atoms. The van der Waals surface area contributed by atoms with E-state index in [1.54, 1.807) is 0 Å². The number of aromatic nitrogens is 2. The second-order valence-electron chi connectivity index (χ2n) is 6.17. The van der Waals surface area contributed by atoms with Crippen LogP contribution < -0.4 is 10.9 Å². The summed E-state index contributed by atoms with van der Waals surface area (Å²) < 4.78 is 1.46. The van der Waals surface area contributed by atoms with Crippen LogP contribution in [0.2, 0.25) is 0 Å². The van der Waals surface area contributed by atoms with Gasteiger partial charge in [-0.25, -0.2) is 0 Å². The van der Waals surface area contributed by atoms with Crippen molar-refractivity contribution in [3.8, 4) is 17.0 Å². The van der Waals surface area contributed by atoms with Crippen molar-refractivity contribution in [2.24, 2.45) is 0 Å². The Bertz CT molecular complexity index is 1000. The molecule has 0 atom stereocenters. The third-order valence-corrected chi connectivity index (χ3v) is 4.99. The topological polar surface area (TPSA) is 84.2 Å². The third kappa shape index (κ3) is 5.01. The van der Waals surface area contributed by atoms with E-state index in [4.69, 9.17) is 0 Å². The van der Waals surface area contributed by atoms with E-state index in [1.165, 1.54) is 4.57 Å². The minimum atomic E-state index is -0.336. The summed E-state index contributed by atoms with van der Waals surface area (Å²) in [6.07, 6.45) is 0.750. The lowest BCUT2D eigenvalue weighted by Crippen LogP contribution is -2.23. The van der Waals surface area contributed by atoms with Crippen LogP contribution in [0.4, 0.5) is 5.69 Å². The van der Waals surface area contributed by atoms with Crippen molar-refractivity contribution in [1.82, 2.24) is 9.55 Å². The number of aromatic hydroxyl groups is 1. The molecule has 28 heavy (non-hydrogen) atoms. The molecule has 0 saturated carbocycles. The molecule has 3 rings (SSSR count). The molecule has 0 aliphatic heterocycles. The van der Waals surface area contributed by atoms with E-state index >= 15 is 0 Å². The van der Waals surface area contributed by atoms with Gasteiger partial charge in [-0.05, 0) is 29.7 Å². The minimum absolute atomic E-state index is 0.0834. The van der Waals surface area contributed by atoms with Gasteiger partial charge in [-0.3, -0.25) is 14.2 Å². The van der Waals surface area contributed by atoms with E-state index < -0.39 is 0 Å². The number of nitrogens with one attached hydrogen (secondary N) is 1. The molecule has 2 N–H and O–H groups in total. The van der Waals surface area contributed by atoms with Crippen LogP contribution in [-0.4, -0.2) is 26.3 Å². The molecule has 3 aromatic rings. The van der Waals surface area contributed by atoms with Crippen molar-refractivity contribution < 1.29 is 9.90 Å². The quantitative estimate of drug-likeness (QED) is 0.470. The minimum Gasteiger partial charge on any atom is -0.493 e. The lowest BCUT2D eigenvalue weighted by molar-refractivity contribution is -0.113. The lowest BCUT2D eigenvalue weighted by Gasteiger charge is -2.11. The normalized spacial score (nSPS) is 10.6. The Morgan fingerprint density at radius 3 is 2.46 bits per heavy atom. The van der Waals surface area contributed by atoms with Crippen molar-refractivity contribution in [3.05, 3.63) is 71.0 Å². The number of thioether (sulfide) groups is 1. The molecule has 0 radical (unpaired) electrons. The molecule has 1 amide bonds. The number of rotatable bonds is 7. The van der Waals surface area contributed by atoms with Crippen molar-refractivity contribution in [2.45, 2.75) is 25.0 Å². The van der Waals surface area contributed by atoms with E-state index in [0.717, 1.165) is 35.4 Å². The monoisotopic (exact) mass is 395 g/mol. The standard InChI is InChI=1S/C21H21N3O3S/c1-2-12-24-20(27)13-18(25)23-21(24)28-14-19(26)22-17-10-8-16(9-11-17)15-6-4-3-5-7-15/h3-11,13,25H,2,12,14H2,1H3,(H,22,26). The number of hydrogen-bond donors (Lipinski definition) is 2. The van der Waals surface area contributed by atoms with Crippen LogP contribution in [0.15, 0.2) is 70.6 Å². The van der Waals surface area contributed by atoms with Crippen molar-refractivity contribution in [1.29, 1.82) is 0 Å². The Labute approximate surface area is 167 Å². The summed E-state index contributed by atoms with van der Waals surface area (Å²) in [5.74, 6) is -0.463. The maximum Gasteiger partial charge on any atom is 0.257 e.